The number of ketones is 1. The van der Waals surface area contributed by atoms with Crippen LogP contribution in [0, 0.1) is 5.92 Å². The van der Waals surface area contributed by atoms with E-state index in [2.05, 4.69) is 10.3 Å². The van der Waals surface area contributed by atoms with Gasteiger partial charge in [-0.3, -0.25) is 19.4 Å². The van der Waals surface area contributed by atoms with Gasteiger partial charge < -0.3 is 15.2 Å². The average Bonchev–Trinajstić information content (AvgIpc) is 2.87. The molecule has 4 rings (SSSR count). The molecule has 176 valence electrons. The number of carbonyl (C=O) groups is 3. The maximum absolute atomic E-state index is 12.5. The molecule has 1 amide bonds. The SMILES string of the molecule is O=C(CCCNC(=O)c1ccc2cnccc2c1)c1ccc(OC2CCC(C(=O)O)CC2)cc1. The quantitative estimate of drug-likeness (QED) is 0.356. The standard InChI is InChI=1S/C27H28N2O5/c30-25(2-1-14-29-26(31)21-3-4-22-17-28-15-13-20(22)16-21)18-5-9-23(10-6-18)34-24-11-7-19(8-12-24)27(32)33/h3-6,9-10,13,15-17,19,24H,1-2,7-8,11-12,14H2,(H,29,31)(H,32,33). The minimum atomic E-state index is -0.729. The van der Waals surface area contributed by atoms with Crippen molar-refractivity contribution in [3.8, 4) is 5.75 Å². The van der Waals surface area contributed by atoms with E-state index in [9.17, 15) is 14.4 Å². The first-order valence-electron chi connectivity index (χ1n) is 11.6. The number of carboxylic acid groups (broad SMARTS) is 1. The zero-order valence-electron chi connectivity index (χ0n) is 18.9. The molecule has 1 aliphatic carbocycles. The molecular formula is C27H28N2O5. The van der Waals surface area contributed by atoms with E-state index in [1.165, 1.54) is 0 Å². The predicted molar refractivity (Wildman–Crippen MR) is 128 cm³/mol. The molecule has 0 atom stereocenters. The van der Waals surface area contributed by atoms with Crippen LogP contribution in [0.4, 0.5) is 0 Å². The molecular weight excluding hydrogens is 432 g/mol. The first-order valence-corrected chi connectivity index (χ1v) is 11.6. The number of ether oxygens (including phenoxy) is 1. The number of aliphatic carboxylic acids is 1. The Bertz CT molecular complexity index is 1170. The lowest BCUT2D eigenvalue weighted by atomic mass is 9.87. The molecule has 0 radical (unpaired) electrons. The maximum Gasteiger partial charge on any atom is 0.306 e. The first kappa shape index (κ1) is 23.4. The molecule has 1 fully saturated rings. The van der Waals surface area contributed by atoms with Gasteiger partial charge in [0, 0.05) is 41.9 Å². The van der Waals surface area contributed by atoms with Crippen molar-refractivity contribution >= 4 is 28.4 Å². The Morgan fingerprint density at radius 1 is 0.941 bits per heavy atom. The fourth-order valence-electron chi connectivity index (χ4n) is 4.26. The highest BCUT2D eigenvalue weighted by Gasteiger charge is 2.26. The van der Waals surface area contributed by atoms with Crippen LogP contribution in [0.15, 0.2) is 60.9 Å². The molecule has 7 nitrogen and oxygen atoms in total. The van der Waals surface area contributed by atoms with Gasteiger partial charge in [-0.1, -0.05) is 6.07 Å². The summed E-state index contributed by atoms with van der Waals surface area (Å²) < 4.78 is 5.96. The number of fused-ring (bicyclic) bond motifs is 1. The Balaban J connectivity index is 1.19. The number of pyridine rings is 1. The van der Waals surface area contributed by atoms with E-state index in [4.69, 9.17) is 9.84 Å². The summed E-state index contributed by atoms with van der Waals surface area (Å²) in [6.07, 6.45) is 7.06. The third-order valence-corrected chi connectivity index (χ3v) is 6.27. The summed E-state index contributed by atoms with van der Waals surface area (Å²) in [5.41, 5.74) is 1.19. The zero-order chi connectivity index (χ0) is 23.9. The second kappa shape index (κ2) is 10.9. The normalized spacial score (nSPS) is 17.8. The number of nitrogens with one attached hydrogen (secondary N) is 1. The van der Waals surface area contributed by atoms with Gasteiger partial charge in [0.25, 0.3) is 5.91 Å². The van der Waals surface area contributed by atoms with Crippen molar-refractivity contribution in [1.82, 2.24) is 10.3 Å². The van der Waals surface area contributed by atoms with E-state index in [1.807, 2.05) is 18.2 Å². The van der Waals surface area contributed by atoms with Crippen LogP contribution >= 0.6 is 0 Å². The van der Waals surface area contributed by atoms with Gasteiger partial charge in [0.1, 0.15) is 5.75 Å². The number of benzene rings is 2. The van der Waals surface area contributed by atoms with Crippen LogP contribution in [-0.2, 0) is 4.79 Å². The largest absolute Gasteiger partial charge is 0.490 e. The van der Waals surface area contributed by atoms with Crippen LogP contribution in [0.25, 0.3) is 10.8 Å². The number of aromatic nitrogens is 1. The van der Waals surface area contributed by atoms with Crippen LogP contribution in [0.5, 0.6) is 5.75 Å². The summed E-state index contributed by atoms with van der Waals surface area (Å²) in [4.78, 5) is 40.0. The predicted octanol–water partition coefficient (Wildman–Crippen LogP) is 4.65. The Hall–Kier alpha value is -3.74. The van der Waals surface area contributed by atoms with Crippen LogP contribution in [0.2, 0.25) is 0 Å². The molecule has 0 saturated heterocycles. The van der Waals surface area contributed by atoms with Gasteiger partial charge in [-0.05, 0) is 80.0 Å². The highest BCUT2D eigenvalue weighted by Crippen LogP contribution is 2.28. The van der Waals surface area contributed by atoms with Gasteiger partial charge in [-0.2, -0.15) is 0 Å². The first-order chi connectivity index (χ1) is 16.5. The maximum atomic E-state index is 12.5. The third kappa shape index (κ3) is 5.98. The van der Waals surface area contributed by atoms with Crippen molar-refractivity contribution < 1.29 is 24.2 Å². The Kier molecular flexibility index (Phi) is 7.52. The molecule has 0 aliphatic heterocycles. The molecule has 1 saturated carbocycles. The lowest BCUT2D eigenvalue weighted by molar-refractivity contribution is -0.143. The zero-order valence-corrected chi connectivity index (χ0v) is 18.9. The molecule has 1 aromatic heterocycles. The molecule has 3 aromatic rings. The van der Waals surface area contributed by atoms with Crippen LogP contribution < -0.4 is 10.1 Å². The monoisotopic (exact) mass is 460 g/mol. The average molecular weight is 461 g/mol. The van der Waals surface area contributed by atoms with E-state index >= 15 is 0 Å². The molecule has 1 heterocycles. The van der Waals surface area contributed by atoms with Gasteiger partial charge in [0.15, 0.2) is 5.78 Å². The Morgan fingerprint density at radius 2 is 1.68 bits per heavy atom. The van der Waals surface area contributed by atoms with Crippen LogP contribution in [0.1, 0.15) is 59.2 Å². The summed E-state index contributed by atoms with van der Waals surface area (Å²) in [6, 6.07) is 14.4. The van der Waals surface area contributed by atoms with Crippen LogP contribution in [0.3, 0.4) is 0 Å². The smallest absolute Gasteiger partial charge is 0.306 e. The molecule has 2 aromatic carbocycles. The highest BCUT2D eigenvalue weighted by molar-refractivity contribution is 5.98. The number of hydrogen-bond donors (Lipinski definition) is 2. The van der Waals surface area contributed by atoms with Crippen molar-refractivity contribution in [2.45, 2.75) is 44.6 Å². The molecule has 0 bridgehead atoms. The number of amides is 1. The Labute approximate surface area is 198 Å². The van der Waals surface area contributed by atoms with E-state index in [0.29, 0.717) is 49.1 Å². The minimum Gasteiger partial charge on any atom is -0.490 e. The van der Waals surface area contributed by atoms with Gasteiger partial charge in [0.05, 0.1) is 12.0 Å². The summed E-state index contributed by atoms with van der Waals surface area (Å²) in [5.74, 6) is -0.457. The van der Waals surface area contributed by atoms with Crippen molar-refractivity contribution in [3.05, 3.63) is 72.1 Å². The van der Waals surface area contributed by atoms with E-state index in [0.717, 1.165) is 23.6 Å². The number of rotatable bonds is 9. The van der Waals surface area contributed by atoms with Crippen molar-refractivity contribution in [3.63, 3.8) is 0 Å². The second-order valence-electron chi connectivity index (χ2n) is 8.67. The molecule has 1 aliphatic rings. The van der Waals surface area contributed by atoms with Crippen molar-refractivity contribution in [2.75, 3.05) is 6.54 Å². The molecule has 34 heavy (non-hydrogen) atoms. The van der Waals surface area contributed by atoms with Crippen molar-refractivity contribution in [1.29, 1.82) is 0 Å². The Morgan fingerprint density at radius 3 is 2.41 bits per heavy atom. The molecule has 2 N–H and O–H groups in total. The van der Waals surface area contributed by atoms with Gasteiger partial charge in [-0.25, -0.2) is 0 Å². The molecule has 0 spiro atoms. The molecule has 0 unspecified atom stereocenters. The number of Topliss-reactive ketones (excluding diaryl/α,β-unsaturated/α-hetero) is 1. The lowest BCUT2D eigenvalue weighted by Gasteiger charge is -2.26. The number of carbonyl (C=O) groups excluding carboxylic acids is 2. The number of carboxylic acids is 1. The topological polar surface area (TPSA) is 106 Å². The molecule has 7 heteroatoms. The summed E-state index contributed by atoms with van der Waals surface area (Å²) in [7, 11) is 0. The summed E-state index contributed by atoms with van der Waals surface area (Å²) in [6.45, 7) is 0.416. The van der Waals surface area contributed by atoms with Crippen LogP contribution in [-0.4, -0.2) is 40.4 Å². The highest BCUT2D eigenvalue weighted by atomic mass is 16.5. The van der Waals surface area contributed by atoms with E-state index in [-0.39, 0.29) is 23.7 Å². The van der Waals surface area contributed by atoms with Gasteiger partial charge >= 0.3 is 5.97 Å². The minimum absolute atomic E-state index is 0.0139. The van der Waals surface area contributed by atoms with Gasteiger partial charge in [-0.15, -0.1) is 0 Å². The summed E-state index contributed by atoms with van der Waals surface area (Å²) >= 11 is 0. The van der Waals surface area contributed by atoms with E-state index < -0.39 is 5.97 Å². The fraction of sp³-hybridized carbons (Fsp3) is 0.333. The van der Waals surface area contributed by atoms with Gasteiger partial charge in [0.2, 0.25) is 0 Å². The number of hydrogen-bond acceptors (Lipinski definition) is 5. The fourth-order valence-corrected chi connectivity index (χ4v) is 4.26. The van der Waals surface area contributed by atoms with E-state index in [1.54, 1.807) is 42.7 Å². The lowest BCUT2D eigenvalue weighted by Crippen LogP contribution is -2.27. The third-order valence-electron chi connectivity index (χ3n) is 6.27. The second-order valence-corrected chi connectivity index (χ2v) is 8.67. The number of nitrogens with zero attached hydrogens (tertiary/aromatic N) is 1. The van der Waals surface area contributed by atoms with Crippen molar-refractivity contribution in [2.24, 2.45) is 5.92 Å². The summed E-state index contributed by atoms with van der Waals surface area (Å²) in [5, 5.41) is 13.9.